The second kappa shape index (κ2) is 9.00. The number of nitrogens with zero attached hydrogens (tertiary/aromatic N) is 1. The van der Waals surface area contributed by atoms with Crippen LogP contribution in [0.4, 0.5) is 5.69 Å². The van der Waals surface area contributed by atoms with Crippen molar-refractivity contribution in [1.82, 2.24) is 5.32 Å². The first-order valence-electron chi connectivity index (χ1n) is 7.41. The van der Waals surface area contributed by atoms with Crippen molar-refractivity contribution < 1.29 is 14.3 Å². The van der Waals surface area contributed by atoms with Crippen molar-refractivity contribution in [3.05, 3.63) is 29.8 Å². The van der Waals surface area contributed by atoms with E-state index in [4.69, 9.17) is 4.74 Å². The Morgan fingerprint density at radius 3 is 2.24 bits per heavy atom. The molecule has 0 unspecified atom stereocenters. The Hall–Kier alpha value is -2.04. The SMILES string of the molecule is CCOC(=O)CCNC(=O)c1ccc(N(CC)CC)cc1. The van der Waals surface area contributed by atoms with Crippen molar-refractivity contribution in [2.45, 2.75) is 27.2 Å². The Balaban J connectivity index is 2.50. The molecule has 1 aromatic rings. The van der Waals surface area contributed by atoms with Gasteiger partial charge in [-0.25, -0.2) is 0 Å². The molecule has 1 N–H and O–H groups in total. The maximum Gasteiger partial charge on any atom is 0.307 e. The van der Waals surface area contributed by atoms with E-state index in [9.17, 15) is 9.59 Å². The molecule has 0 saturated carbocycles. The lowest BCUT2D eigenvalue weighted by Gasteiger charge is -2.21. The molecule has 0 bridgehead atoms. The summed E-state index contributed by atoms with van der Waals surface area (Å²) < 4.78 is 4.80. The number of carbonyl (C=O) groups excluding carboxylic acids is 2. The fourth-order valence-electron chi connectivity index (χ4n) is 2.03. The van der Waals surface area contributed by atoms with Crippen LogP contribution in [-0.2, 0) is 9.53 Å². The molecule has 1 amide bonds. The zero-order valence-electron chi connectivity index (χ0n) is 13.0. The van der Waals surface area contributed by atoms with E-state index < -0.39 is 0 Å². The number of anilines is 1. The topological polar surface area (TPSA) is 58.6 Å². The fraction of sp³-hybridized carbons (Fsp3) is 0.500. The van der Waals surface area contributed by atoms with Crippen molar-refractivity contribution in [1.29, 1.82) is 0 Å². The molecule has 0 atom stereocenters. The average molecular weight is 292 g/mol. The monoisotopic (exact) mass is 292 g/mol. The number of amides is 1. The Morgan fingerprint density at radius 2 is 1.71 bits per heavy atom. The molecule has 0 spiro atoms. The lowest BCUT2D eigenvalue weighted by Crippen LogP contribution is -2.26. The maximum absolute atomic E-state index is 11.9. The van der Waals surface area contributed by atoms with E-state index in [1.165, 1.54) is 0 Å². The van der Waals surface area contributed by atoms with Crippen LogP contribution in [0.5, 0.6) is 0 Å². The lowest BCUT2D eigenvalue weighted by atomic mass is 10.2. The predicted octanol–water partition coefficient (Wildman–Crippen LogP) is 2.22. The van der Waals surface area contributed by atoms with Gasteiger partial charge in [-0.15, -0.1) is 0 Å². The summed E-state index contributed by atoms with van der Waals surface area (Å²) in [6.45, 7) is 8.46. The fourth-order valence-corrected chi connectivity index (χ4v) is 2.03. The third kappa shape index (κ3) is 5.45. The van der Waals surface area contributed by atoms with E-state index in [0.717, 1.165) is 18.8 Å². The third-order valence-corrected chi connectivity index (χ3v) is 3.18. The van der Waals surface area contributed by atoms with Crippen molar-refractivity contribution in [2.75, 3.05) is 31.1 Å². The number of hydrogen-bond donors (Lipinski definition) is 1. The number of rotatable bonds is 8. The zero-order chi connectivity index (χ0) is 15.7. The summed E-state index contributed by atoms with van der Waals surface area (Å²) in [5.74, 6) is -0.472. The van der Waals surface area contributed by atoms with Gasteiger partial charge >= 0.3 is 5.97 Å². The quantitative estimate of drug-likeness (QED) is 0.746. The van der Waals surface area contributed by atoms with Crippen LogP contribution in [0.15, 0.2) is 24.3 Å². The summed E-state index contributed by atoms with van der Waals surface area (Å²) in [6, 6.07) is 7.47. The third-order valence-electron chi connectivity index (χ3n) is 3.18. The van der Waals surface area contributed by atoms with Crippen LogP contribution >= 0.6 is 0 Å². The molecule has 0 aromatic heterocycles. The molecule has 0 saturated heterocycles. The minimum absolute atomic E-state index is 0.176. The summed E-state index contributed by atoms with van der Waals surface area (Å²) in [6.07, 6.45) is 0.192. The smallest absolute Gasteiger partial charge is 0.307 e. The average Bonchev–Trinajstić information content (AvgIpc) is 2.49. The van der Waals surface area contributed by atoms with Gasteiger partial charge in [-0.1, -0.05) is 0 Å². The van der Waals surface area contributed by atoms with Crippen molar-refractivity contribution in [2.24, 2.45) is 0 Å². The van der Waals surface area contributed by atoms with E-state index in [1.807, 2.05) is 12.1 Å². The number of ether oxygens (including phenoxy) is 1. The summed E-state index contributed by atoms with van der Waals surface area (Å²) in [4.78, 5) is 25.3. The van der Waals surface area contributed by atoms with Gasteiger partial charge in [0.2, 0.25) is 0 Å². The Morgan fingerprint density at radius 1 is 1.10 bits per heavy atom. The molecule has 0 heterocycles. The Labute approximate surface area is 126 Å². The van der Waals surface area contributed by atoms with Crippen LogP contribution < -0.4 is 10.2 Å². The molecule has 5 nitrogen and oxygen atoms in total. The van der Waals surface area contributed by atoms with Crippen molar-refractivity contribution in [3.8, 4) is 0 Å². The van der Waals surface area contributed by atoms with Gasteiger partial charge in [0.05, 0.1) is 13.0 Å². The number of esters is 1. The zero-order valence-corrected chi connectivity index (χ0v) is 13.0. The van der Waals surface area contributed by atoms with Crippen LogP contribution in [0, 0.1) is 0 Å². The predicted molar refractivity (Wildman–Crippen MR) is 83.6 cm³/mol. The van der Waals surface area contributed by atoms with Gasteiger partial charge in [0.1, 0.15) is 0 Å². The van der Waals surface area contributed by atoms with Crippen molar-refractivity contribution in [3.63, 3.8) is 0 Å². The van der Waals surface area contributed by atoms with Gasteiger partial charge < -0.3 is 15.0 Å². The molecule has 0 fully saturated rings. The largest absolute Gasteiger partial charge is 0.466 e. The number of nitrogens with one attached hydrogen (secondary N) is 1. The normalized spacial score (nSPS) is 10.0. The molecule has 21 heavy (non-hydrogen) atoms. The van der Waals surface area contributed by atoms with Crippen LogP contribution in [-0.4, -0.2) is 38.1 Å². The summed E-state index contributed by atoms with van der Waals surface area (Å²) >= 11 is 0. The number of carbonyl (C=O) groups is 2. The summed E-state index contributed by atoms with van der Waals surface area (Å²) in [5, 5.41) is 2.71. The van der Waals surface area contributed by atoms with E-state index in [1.54, 1.807) is 19.1 Å². The minimum Gasteiger partial charge on any atom is -0.466 e. The van der Waals surface area contributed by atoms with E-state index in [-0.39, 0.29) is 24.8 Å². The molecule has 0 aliphatic rings. The highest BCUT2D eigenvalue weighted by Gasteiger charge is 2.08. The van der Waals surface area contributed by atoms with Gasteiger partial charge in [0.15, 0.2) is 0 Å². The minimum atomic E-state index is -0.297. The summed E-state index contributed by atoms with van der Waals surface area (Å²) in [7, 11) is 0. The highest BCUT2D eigenvalue weighted by atomic mass is 16.5. The van der Waals surface area contributed by atoms with Gasteiger partial charge in [-0.05, 0) is 45.0 Å². The molecular formula is C16H24N2O3. The summed E-state index contributed by atoms with van der Waals surface area (Å²) in [5.41, 5.74) is 1.69. The molecule has 1 rings (SSSR count). The first kappa shape index (κ1) is 17.0. The maximum atomic E-state index is 11.9. The van der Waals surface area contributed by atoms with Crippen LogP contribution in [0.25, 0.3) is 0 Å². The highest BCUT2D eigenvalue weighted by Crippen LogP contribution is 2.14. The van der Waals surface area contributed by atoms with Gasteiger partial charge in [0, 0.05) is 30.9 Å². The Bertz CT molecular complexity index is 453. The molecule has 116 valence electrons. The number of benzene rings is 1. The molecular weight excluding hydrogens is 268 g/mol. The first-order valence-corrected chi connectivity index (χ1v) is 7.41. The van der Waals surface area contributed by atoms with E-state index >= 15 is 0 Å². The van der Waals surface area contributed by atoms with Crippen LogP contribution in [0.1, 0.15) is 37.6 Å². The molecule has 0 aliphatic heterocycles. The standard InChI is InChI=1S/C16H24N2O3/c1-4-18(5-2)14-9-7-13(8-10-14)16(20)17-12-11-15(19)21-6-3/h7-10H,4-6,11-12H2,1-3H3,(H,17,20). The molecule has 0 aliphatic carbocycles. The molecule has 5 heteroatoms. The molecule has 1 aromatic carbocycles. The van der Waals surface area contributed by atoms with Gasteiger partial charge in [-0.3, -0.25) is 9.59 Å². The van der Waals surface area contributed by atoms with Gasteiger partial charge in [-0.2, -0.15) is 0 Å². The number of hydrogen-bond acceptors (Lipinski definition) is 4. The second-order valence-corrected chi connectivity index (χ2v) is 4.53. The lowest BCUT2D eigenvalue weighted by molar-refractivity contribution is -0.142. The van der Waals surface area contributed by atoms with Crippen molar-refractivity contribution >= 4 is 17.6 Å². The second-order valence-electron chi connectivity index (χ2n) is 4.53. The van der Waals surface area contributed by atoms with Gasteiger partial charge in [0.25, 0.3) is 5.91 Å². The van der Waals surface area contributed by atoms with Crippen LogP contribution in [0.3, 0.4) is 0 Å². The Kier molecular flexibility index (Phi) is 7.29. The van der Waals surface area contributed by atoms with Crippen LogP contribution in [0.2, 0.25) is 0 Å². The highest BCUT2D eigenvalue weighted by molar-refractivity contribution is 5.94. The van der Waals surface area contributed by atoms with E-state index in [2.05, 4.69) is 24.1 Å². The first-order chi connectivity index (χ1) is 10.1. The van der Waals surface area contributed by atoms with E-state index in [0.29, 0.717) is 12.2 Å². The molecule has 0 radical (unpaired) electrons.